The molecule has 0 aromatic carbocycles. The van der Waals surface area contributed by atoms with Crippen molar-refractivity contribution in [3.8, 4) is 0 Å². The summed E-state index contributed by atoms with van der Waals surface area (Å²) >= 11 is 0. The summed E-state index contributed by atoms with van der Waals surface area (Å²) in [6.07, 6.45) is 1.51. The van der Waals surface area contributed by atoms with Gasteiger partial charge < -0.3 is 20.9 Å². The first-order valence-electron chi connectivity index (χ1n) is 5.40. The van der Waals surface area contributed by atoms with Crippen molar-refractivity contribution in [1.29, 1.82) is 0 Å². The van der Waals surface area contributed by atoms with Crippen LogP contribution >= 0.6 is 0 Å². The third-order valence-electron chi connectivity index (χ3n) is 2.69. The van der Waals surface area contributed by atoms with Gasteiger partial charge in [-0.2, -0.15) is 0 Å². The molecule has 1 amide bonds. The maximum absolute atomic E-state index is 11.8. The van der Waals surface area contributed by atoms with Crippen molar-refractivity contribution in [3.05, 3.63) is 0 Å². The average molecular weight is 230 g/mol. The normalized spacial score (nSPS) is 26.4. The zero-order chi connectivity index (χ0) is 12.2. The van der Waals surface area contributed by atoms with Gasteiger partial charge in [0.1, 0.15) is 11.6 Å². The average Bonchev–Trinajstić information content (AvgIpc) is 2.65. The van der Waals surface area contributed by atoms with Crippen LogP contribution in [-0.2, 0) is 14.3 Å². The second kappa shape index (κ2) is 5.27. The number of rotatable bonds is 5. The fourth-order valence-electron chi connectivity index (χ4n) is 1.61. The lowest BCUT2D eigenvalue weighted by Crippen LogP contribution is -2.57. The van der Waals surface area contributed by atoms with E-state index in [1.807, 2.05) is 6.92 Å². The van der Waals surface area contributed by atoms with Crippen molar-refractivity contribution >= 4 is 11.9 Å². The third-order valence-corrected chi connectivity index (χ3v) is 2.69. The van der Waals surface area contributed by atoms with Gasteiger partial charge in [-0.1, -0.05) is 13.3 Å². The molecule has 1 aliphatic rings. The van der Waals surface area contributed by atoms with Crippen LogP contribution in [0.4, 0.5) is 0 Å². The summed E-state index contributed by atoms with van der Waals surface area (Å²) in [6.45, 7) is 2.45. The van der Waals surface area contributed by atoms with Crippen molar-refractivity contribution in [1.82, 2.24) is 5.32 Å². The number of hydrogen-bond acceptors (Lipinski definition) is 4. The van der Waals surface area contributed by atoms with Crippen LogP contribution < -0.4 is 11.1 Å². The highest BCUT2D eigenvalue weighted by Gasteiger charge is 2.39. The SMILES string of the molecule is CCC[C@@H](NC(=O)C1(N)CCOC1)C(=O)O. The lowest BCUT2D eigenvalue weighted by Gasteiger charge is -2.23. The Morgan fingerprint density at radius 3 is 2.75 bits per heavy atom. The van der Waals surface area contributed by atoms with Gasteiger partial charge >= 0.3 is 5.97 Å². The second-order valence-corrected chi connectivity index (χ2v) is 4.11. The predicted octanol–water partition coefficient (Wildman–Crippen LogP) is -0.526. The lowest BCUT2D eigenvalue weighted by molar-refractivity contribution is -0.143. The fourth-order valence-corrected chi connectivity index (χ4v) is 1.61. The van der Waals surface area contributed by atoms with Gasteiger partial charge in [0.05, 0.1) is 6.61 Å². The summed E-state index contributed by atoms with van der Waals surface area (Å²) in [4.78, 5) is 22.6. The number of aliphatic carboxylic acids is 1. The molecule has 1 heterocycles. The van der Waals surface area contributed by atoms with Crippen LogP contribution in [0.3, 0.4) is 0 Å². The molecule has 1 rings (SSSR count). The Hall–Kier alpha value is -1.14. The maximum Gasteiger partial charge on any atom is 0.326 e. The van der Waals surface area contributed by atoms with Crippen molar-refractivity contribution in [2.24, 2.45) is 5.73 Å². The smallest absolute Gasteiger partial charge is 0.326 e. The van der Waals surface area contributed by atoms with E-state index in [0.717, 1.165) is 0 Å². The maximum atomic E-state index is 11.8. The quantitative estimate of drug-likeness (QED) is 0.589. The van der Waals surface area contributed by atoms with E-state index in [0.29, 0.717) is 25.9 Å². The minimum Gasteiger partial charge on any atom is -0.480 e. The molecule has 0 aromatic heterocycles. The highest BCUT2D eigenvalue weighted by molar-refractivity contribution is 5.90. The largest absolute Gasteiger partial charge is 0.480 e. The Morgan fingerprint density at radius 1 is 1.62 bits per heavy atom. The van der Waals surface area contributed by atoms with Gasteiger partial charge in [0.15, 0.2) is 0 Å². The molecule has 2 atom stereocenters. The van der Waals surface area contributed by atoms with Crippen LogP contribution in [0.25, 0.3) is 0 Å². The van der Waals surface area contributed by atoms with Gasteiger partial charge in [0.2, 0.25) is 5.91 Å². The Balaban J connectivity index is 2.57. The monoisotopic (exact) mass is 230 g/mol. The molecule has 0 aliphatic carbocycles. The number of amides is 1. The number of nitrogens with two attached hydrogens (primary N) is 1. The number of carbonyl (C=O) groups is 2. The van der Waals surface area contributed by atoms with Crippen LogP contribution in [0.2, 0.25) is 0 Å². The van der Waals surface area contributed by atoms with Gasteiger partial charge in [-0.15, -0.1) is 0 Å². The van der Waals surface area contributed by atoms with Gasteiger partial charge in [-0.3, -0.25) is 4.79 Å². The molecular formula is C10H18N2O4. The molecule has 0 bridgehead atoms. The molecule has 6 heteroatoms. The number of nitrogens with one attached hydrogen (secondary N) is 1. The predicted molar refractivity (Wildman–Crippen MR) is 56.8 cm³/mol. The molecule has 0 radical (unpaired) electrons. The first-order valence-corrected chi connectivity index (χ1v) is 5.40. The molecule has 0 saturated carbocycles. The Kier molecular flexibility index (Phi) is 4.26. The zero-order valence-corrected chi connectivity index (χ0v) is 9.36. The molecule has 1 saturated heterocycles. The van der Waals surface area contributed by atoms with Crippen LogP contribution in [0.1, 0.15) is 26.2 Å². The zero-order valence-electron chi connectivity index (χ0n) is 9.36. The number of hydrogen-bond donors (Lipinski definition) is 3. The molecule has 92 valence electrons. The van der Waals surface area contributed by atoms with Crippen molar-refractivity contribution < 1.29 is 19.4 Å². The van der Waals surface area contributed by atoms with E-state index in [9.17, 15) is 9.59 Å². The standard InChI is InChI=1S/C10H18N2O4/c1-2-3-7(8(13)14)12-9(15)10(11)4-5-16-6-10/h7H,2-6,11H2,1H3,(H,12,15)(H,13,14)/t7-,10?/m1/s1. The molecule has 6 nitrogen and oxygen atoms in total. The van der Waals surface area contributed by atoms with E-state index in [4.69, 9.17) is 15.6 Å². The summed E-state index contributed by atoms with van der Waals surface area (Å²) in [5.41, 5.74) is 4.75. The number of carbonyl (C=O) groups excluding carboxylic acids is 1. The summed E-state index contributed by atoms with van der Waals surface area (Å²) in [7, 11) is 0. The van der Waals surface area contributed by atoms with Crippen LogP contribution in [0.15, 0.2) is 0 Å². The number of carboxylic acids is 1. The Labute approximate surface area is 94.1 Å². The van der Waals surface area contributed by atoms with Gasteiger partial charge in [-0.05, 0) is 12.8 Å². The molecule has 16 heavy (non-hydrogen) atoms. The minimum absolute atomic E-state index is 0.150. The molecule has 1 aliphatic heterocycles. The van der Waals surface area contributed by atoms with Crippen molar-refractivity contribution in [3.63, 3.8) is 0 Å². The lowest BCUT2D eigenvalue weighted by atomic mass is 9.98. The summed E-state index contributed by atoms with van der Waals surface area (Å²) in [6, 6.07) is -0.862. The molecule has 1 fully saturated rings. The summed E-state index contributed by atoms with van der Waals surface area (Å²) in [5, 5.41) is 11.3. The van der Waals surface area contributed by atoms with E-state index < -0.39 is 23.5 Å². The highest BCUT2D eigenvalue weighted by Crippen LogP contribution is 2.16. The van der Waals surface area contributed by atoms with Crippen LogP contribution in [0.5, 0.6) is 0 Å². The first kappa shape index (κ1) is 12.9. The van der Waals surface area contributed by atoms with Crippen molar-refractivity contribution in [2.45, 2.75) is 37.8 Å². The Morgan fingerprint density at radius 2 is 2.31 bits per heavy atom. The van der Waals surface area contributed by atoms with Crippen LogP contribution in [-0.4, -0.2) is 41.8 Å². The van der Waals surface area contributed by atoms with Gasteiger partial charge in [0, 0.05) is 6.61 Å². The second-order valence-electron chi connectivity index (χ2n) is 4.11. The molecule has 0 spiro atoms. The van der Waals surface area contributed by atoms with Gasteiger partial charge in [-0.25, -0.2) is 4.79 Å². The number of carboxylic acid groups (broad SMARTS) is 1. The van der Waals surface area contributed by atoms with E-state index >= 15 is 0 Å². The van der Waals surface area contributed by atoms with Crippen molar-refractivity contribution in [2.75, 3.05) is 13.2 Å². The summed E-state index contributed by atoms with van der Waals surface area (Å²) in [5.74, 6) is -1.47. The fraction of sp³-hybridized carbons (Fsp3) is 0.800. The topological polar surface area (TPSA) is 102 Å². The minimum atomic E-state index is -1.07. The molecule has 0 aromatic rings. The van der Waals surface area contributed by atoms with E-state index in [-0.39, 0.29) is 6.61 Å². The number of ether oxygens (including phenoxy) is 1. The van der Waals surface area contributed by atoms with E-state index in [1.54, 1.807) is 0 Å². The molecule has 1 unspecified atom stereocenters. The molecule has 4 N–H and O–H groups in total. The highest BCUT2D eigenvalue weighted by atomic mass is 16.5. The van der Waals surface area contributed by atoms with E-state index in [2.05, 4.69) is 5.32 Å². The third kappa shape index (κ3) is 2.93. The van der Waals surface area contributed by atoms with E-state index in [1.165, 1.54) is 0 Å². The van der Waals surface area contributed by atoms with Gasteiger partial charge in [0.25, 0.3) is 0 Å². The summed E-state index contributed by atoms with van der Waals surface area (Å²) < 4.78 is 5.05. The first-order chi connectivity index (χ1) is 7.49. The molecular weight excluding hydrogens is 212 g/mol. The van der Waals surface area contributed by atoms with Crippen LogP contribution in [0, 0.1) is 0 Å². The Bertz CT molecular complexity index is 274.